The van der Waals surface area contributed by atoms with Crippen molar-refractivity contribution in [2.24, 2.45) is 16.8 Å². The van der Waals surface area contributed by atoms with E-state index in [0.29, 0.717) is 10.2 Å². The maximum Gasteiger partial charge on any atom is 0.540 e. The second-order valence-electron chi connectivity index (χ2n) is 5.39. The Hall–Kier alpha value is -2.41. The molecule has 0 unspecified atom stereocenters. The number of ether oxygens (including phenoxy) is 1. The van der Waals surface area contributed by atoms with E-state index < -0.39 is 6.16 Å². The van der Waals surface area contributed by atoms with Crippen molar-refractivity contribution in [2.45, 2.75) is 12.3 Å². The molecule has 2 aromatic carbocycles. The van der Waals surface area contributed by atoms with Crippen LogP contribution in [0.3, 0.4) is 0 Å². The summed E-state index contributed by atoms with van der Waals surface area (Å²) in [5.74, 6) is 0.218. The van der Waals surface area contributed by atoms with Crippen LogP contribution in [0.5, 0.6) is 5.75 Å². The molecule has 1 aliphatic carbocycles. The Labute approximate surface area is 146 Å². The van der Waals surface area contributed by atoms with Crippen molar-refractivity contribution in [1.29, 1.82) is 0 Å². The van der Waals surface area contributed by atoms with E-state index in [1.165, 1.54) is 6.07 Å². The molecule has 0 heterocycles. The van der Waals surface area contributed by atoms with Crippen LogP contribution in [0.15, 0.2) is 58.2 Å². The number of hydrogen-bond donors (Lipinski definition) is 1. The molecule has 0 radical (unpaired) electrons. The van der Waals surface area contributed by atoms with Crippen molar-refractivity contribution in [3.05, 3.63) is 64.4 Å². The molecule has 0 saturated heterocycles. The van der Waals surface area contributed by atoms with Crippen LogP contribution in [0, 0.1) is 11.7 Å². The van der Waals surface area contributed by atoms with E-state index >= 15 is 0 Å². The molecule has 0 aliphatic heterocycles. The number of carbonyl (C=O) groups excluding carboxylic acids is 1. The lowest BCUT2D eigenvalue weighted by atomic mass is 10.1. The first-order valence-corrected chi connectivity index (χ1v) is 8.06. The highest BCUT2D eigenvalue weighted by atomic mass is 79.9. The van der Waals surface area contributed by atoms with Gasteiger partial charge in [-0.2, -0.15) is 0 Å². The summed E-state index contributed by atoms with van der Waals surface area (Å²) in [5, 5.41) is 3.61. The SMILES string of the molecule is NC(=NOC(=O)Oc1ccccc1)[C@H]1C[C@@H]1c1ccc(Br)c(F)c1. The van der Waals surface area contributed by atoms with Crippen LogP contribution < -0.4 is 10.5 Å². The third-order valence-electron chi connectivity index (χ3n) is 3.71. The predicted octanol–water partition coefficient (Wildman–Crippen LogP) is 4.18. The van der Waals surface area contributed by atoms with Gasteiger partial charge in [0.25, 0.3) is 0 Å². The van der Waals surface area contributed by atoms with Crippen molar-refractivity contribution >= 4 is 27.9 Å². The number of para-hydroxylation sites is 1. The van der Waals surface area contributed by atoms with Crippen LogP contribution in [0.1, 0.15) is 17.9 Å². The summed E-state index contributed by atoms with van der Waals surface area (Å²) in [7, 11) is 0. The Morgan fingerprint density at radius 1 is 1.25 bits per heavy atom. The summed E-state index contributed by atoms with van der Waals surface area (Å²) in [4.78, 5) is 16.2. The first-order valence-electron chi connectivity index (χ1n) is 7.27. The molecule has 5 nitrogen and oxygen atoms in total. The second-order valence-corrected chi connectivity index (χ2v) is 6.25. The monoisotopic (exact) mass is 392 g/mol. The predicted molar refractivity (Wildman–Crippen MR) is 90.1 cm³/mol. The van der Waals surface area contributed by atoms with Gasteiger partial charge in [-0.25, -0.2) is 9.18 Å². The summed E-state index contributed by atoms with van der Waals surface area (Å²) in [6.45, 7) is 0. The number of benzene rings is 2. The number of amidine groups is 1. The molecule has 3 rings (SSSR count). The first kappa shape index (κ1) is 16.4. The van der Waals surface area contributed by atoms with Crippen LogP contribution in [0.25, 0.3) is 0 Å². The number of halogens is 2. The van der Waals surface area contributed by atoms with Gasteiger partial charge in [0.15, 0.2) is 0 Å². The molecule has 1 fully saturated rings. The normalized spacial score (nSPS) is 19.7. The number of nitrogens with zero attached hydrogens (tertiary/aromatic N) is 1. The van der Waals surface area contributed by atoms with Crippen molar-refractivity contribution in [3.63, 3.8) is 0 Å². The zero-order chi connectivity index (χ0) is 17.1. The molecule has 124 valence electrons. The Balaban J connectivity index is 1.55. The maximum atomic E-state index is 13.6. The van der Waals surface area contributed by atoms with Gasteiger partial charge in [-0.15, -0.1) is 0 Å². The molecule has 1 saturated carbocycles. The third-order valence-corrected chi connectivity index (χ3v) is 4.36. The molecule has 0 spiro atoms. The van der Waals surface area contributed by atoms with E-state index in [1.54, 1.807) is 36.4 Å². The first-order chi connectivity index (χ1) is 11.5. The molecule has 1 aliphatic rings. The number of nitrogens with two attached hydrogens (primary N) is 1. The molecule has 2 aromatic rings. The van der Waals surface area contributed by atoms with Crippen LogP contribution in [0.2, 0.25) is 0 Å². The number of oxime groups is 1. The molecule has 0 bridgehead atoms. The zero-order valence-corrected chi connectivity index (χ0v) is 14.1. The molecule has 2 N–H and O–H groups in total. The van der Waals surface area contributed by atoms with Gasteiger partial charge in [-0.1, -0.05) is 29.4 Å². The van der Waals surface area contributed by atoms with Crippen LogP contribution in [-0.4, -0.2) is 12.0 Å². The summed E-state index contributed by atoms with van der Waals surface area (Å²) >= 11 is 3.12. The van der Waals surface area contributed by atoms with Crippen LogP contribution >= 0.6 is 15.9 Å². The lowest BCUT2D eigenvalue weighted by molar-refractivity contribution is 0.102. The molecule has 24 heavy (non-hydrogen) atoms. The quantitative estimate of drug-likeness (QED) is 0.211. The highest BCUT2D eigenvalue weighted by molar-refractivity contribution is 9.10. The highest BCUT2D eigenvalue weighted by Gasteiger charge is 2.42. The number of rotatable bonds is 4. The minimum absolute atomic E-state index is 0.0740. The van der Waals surface area contributed by atoms with Gasteiger partial charge >= 0.3 is 6.16 Å². The van der Waals surface area contributed by atoms with Gasteiger partial charge in [-0.05, 0) is 58.1 Å². The topological polar surface area (TPSA) is 73.9 Å². The summed E-state index contributed by atoms with van der Waals surface area (Å²) < 4.78 is 18.9. The van der Waals surface area contributed by atoms with Crippen molar-refractivity contribution in [3.8, 4) is 5.75 Å². The van der Waals surface area contributed by atoms with E-state index in [2.05, 4.69) is 25.9 Å². The van der Waals surface area contributed by atoms with Crippen molar-refractivity contribution < 1.29 is 18.8 Å². The zero-order valence-electron chi connectivity index (χ0n) is 12.5. The van der Waals surface area contributed by atoms with Crippen LogP contribution in [0.4, 0.5) is 9.18 Å². The third kappa shape index (κ3) is 3.91. The van der Waals surface area contributed by atoms with E-state index in [0.717, 1.165) is 12.0 Å². The lowest BCUT2D eigenvalue weighted by Gasteiger charge is -2.03. The average molecular weight is 393 g/mol. The summed E-state index contributed by atoms with van der Waals surface area (Å²) in [6.07, 6.45) is -0.232. The van der Waals surface area contributed by atoms with Crippen molar-refractivity contribution in [1.82, 2.24) is 0 Å². The molecular weight excluding hydrogens is 379 g/mol. The van der Waals surface area contributed by atoms with Gasteiger partial charge in [0.1, 0.15) is 17.4 Å². The second kappa shape index (κ2) is 7.00. The van der Waals surface area contributed by atoms with E-state index in [1.807, 2.05) is 6.07 Å². The average Bonchev–Trinajstić information content (AvgIpc) is 3.37. The molecule has 7 heteroatoms. The molecular formula is C17H14BrFN2O3. The fraction of sp³-hybridized carbons (Fsp3) is 0.176. The van der Waals surface area contributed by atoms with Gasteiger partial charge in [0, 0.05) is 5.92 Å². The van der Waals surface area contributed by atoms with Crippen LogP contribution in [-0.2, 0) is 4.84 Å². The highest BCUT2D eigenvalue weighted by Crippen LogP contribution is 2.48. The lowest BCUT2D eigenvalue weighted by Crippen LogP contribution is -2.18. The van der Waals surface area contributed by atoms with Gasteiger partial charge < -0.3 is 10.5 Å². The summed E-state index contributed by atoms with van der Waals surface area (Å²) in [5.41, 5.74) is 6.67. The number of hydrogen-bond acceptors (Lipinski definition) is 4. The van der Waals surface area contributed by atoms with E-state index in [4.69, 9.17) is 10.5 Å². The Bertz CT molecular complexity index is 783. The Morgan fingerprint density at radius 2 is 2.00 bits per heavy atom. The van der Waals surface area contributed by atoms with E-state index in [-0.39, 0.29) is 23.5 Å². The van der Waals surface area contributed by atoms with Gasteiger partial charge in [0.2, 0.25) is 0 Å². The van der Waals surface area contributed by atoms with Gasteiger partial charge in [-0.3, -0.25) is 4.84 Å². The Morgan fingerprint density at radius 3 is 2.71 bits per heavy atom. The summed E-state index contributed by atoms with van der Waals surface area (Å²) in [6, 6.07) is 13.4. The van der Waals surface area contributed by atoms with E-state index in [9.17, 15) is 9.18 Å². The smallest absolute Gasteiger partial charge is 0.393 e. The maximum absolute atomic E-state index is 13.6. The minimum Gasteiger partial charge on any atom is -0.393 e. The largest absolute Gasteiger partial charge is 0.540 e. The fourth-order valence-electron chi connectivity index (χ4n) is 2.39. The molecule has 2 atom stereocenters. The minimum atomic E-state index is -0.962. The van der Waals surface area contributed by atoms with Crippen molar-refractivity contribution in [2.75, 3.05) is 0 Å². The molecule has 0 amide bonds. The fourth-order valence-corrected chi connectivity index (χ4v) is 2.64. The Kier molecular flexibility index (Phi) is 4.80. The van der Waals surface area contributed by atoms with Gasteiger partial charge in [0.05, 0.1) is 4.47 Å². The number of carbonyl (C=O) groups is 1. The standard InChI is InChI=1S/C17H14BrFN2O3/c18-14-7-6-10(8-15(14)19)12-9-13(12)16(20)21-24-17(22)23-11-4-2-1-3-5-11/h1-8,12-13H,9H2,(H2,20,21)/t12-,13+/m1/s1. The molecule has 0 aromatic heterocycles.